The summed E-state index contributed by atoms with van der Waals surface area (Å²) >= 11 is 0. The van der Waals surface area contributed by atoms with Crippen LogP contribution in [-0.2, 0) is 10.0 Å². The van der Waals surface area contributed by atoms with Crippen LogP contribution in [-0.4, -0.2) is 24.9 Å². The number of nitrogens with one attached hydrogen (secondary N) is 2. The molecule has 0 bridgehead atoms. The quantitative estimate of drug-likeness (QED) is 0.378. The van der Waals surface area contributed by atoms with Crippen LogP contribution in [0, 0.1) is 5.92 Å². The molecular weight excluding hydrogens is 254 g/mol. The van der Waals surface area contributed by atoms with Gasteiger partial charge in [-0.2, -0.15) is 0 Å². The number of aromatic nitrogens is 2. The molecule has 1 heterocycles. The van der Waals surface area contributed by atoms with E-state index in [0.29, 0.717) is 12.5 Å². The maximum absolute atomic E-state index is 11.8. The molecule has 1 aromatic rings. The average Bonchev–Trinajstić information content (AvgIpc) is 2.34. The van der Waals surface area contributed by atoms with Gasteiger partial charge in [-0.15, -0.1) is 0 Å². The number of rotatable bonds is 7. The van der Waals surface area contributed by atoms with Crippen molar-refractivity contribution in [3.63, 3.8) is 0 Å². The van der Waals surface area contributed by atoms with Gasteiger partial charge in [-0.05, 0) is 18.8 Å². The van der Waals surface area contributed by atoms with E-state index in [0.717, 1.165) is 12.8 Å². The molecule has 0 fully saturated rings. The van der Waals surface area contributed by atoms with E-state index in [1.807, 2.05) is 0 Å². The Morgan fingerprint density at radius 2 is 1.94 bits per heavy atom. The van der Waals surface area contributed by atoms with Crippen LogP contribution in [0.4, 0.5) is 5.95 Å². The second-order valence-corrected chi connectivity index (χ2v) is 6.09. The molecule has 0 aliphatic carbocycles. The first-order valence-corrected chi connectivity index (χ1v) is 7.22. The van der Waals surface area contributed by atoms with Gasteiger partial charge in [0.05, 0.1) is 12.4 Å². The van der Waals surface area contributed by atoms with Gasteiger partial charge in [0, 0.05) is 6.54 Å². The zero-order valence-electron chi connectivity index (χ0n) is 10.5. The second-order valence-electron chi connectivity index (χ2n) is 4.32. The van der Waals surface area contributed by atoms with Gasteiger partial charge in [0.1, 0.15) is 4.90 Å². The molecular formula is C10H19N5O2S. The Labute approximate surface area is 107 Å². The third-order valence-electron chi connectivity index (χ3n) is 2.32. The highest BCUT2D eigenvalue weighted by atomic mass is 32.2. The number of hydrogen-bond donors (Lipinski definition) is 3. The molecule has 0 saturated carbocycles. The number of nitrogens with two attached hydrogens (primary N) is 1. The van der Waals surface area contributed by atoms with Crippen molar-refractivity contribution in [2.45, 2.75) is 31.6 Å². The first-order chi connectivity index (χ1) is 8.45. The van der Waals surface area contributed by atoms with E-state index < -0.39 is 10.0 Å². The molecule has 0 amide bonds. The Bertz CT molecular complexity index is 458. The topological polar surface area (TPSA) is 110 Å². The minimum atomic E-state index is -3.53. The van der Waals surface area contributed by atoms with Crippen LogP contribution in [0.25, 0.3) is 0 Å². The van der Waals surface area contributed by atoms with Crippen molar-refractivity contribution in [2.24, 2.45) is 11.8 Å². The van der Waals surface area contributed by atoms with E-state index in [9.17, 15) is 8.42 Å². The van der Waals surface area contributed by atoms with Gasteiger partial charge < -0.3 is 0 Å². The zero-order valence-corrected chi connectivity index (χ0v) is 11.4. The zero-order chi connectivity index (χ0) is 13.6. The Morgan fingerprint density at radius 1 is 1.33 bits per heavy atom. The lowest BCUT2D eigenvalue weighted by atomic mass is 10.1. The molecule has 0 aromatic carbocycles. The second kappa shape index (κ2) is 6.62. The summed E-state index contributed by atoms with van der Waals surface area (Å²) < 4.78 is 26.2. The van der Waals surface area contributed by atoms with E-state index >= 15 is 0 Å². The minimum Gasteiger partial charge on any atom is -0.292 e. The SMILES string of the molecule is CC(C)CCCNS(=O)(=O)c1cnc(NN)nc1. The lowest BCUT2D eigenvalue weighted by Gasteiger charge is -2.07. The molecule has 102 valence electrons. The summed E-state index contributed by atoms with van der Waals surface area (Å²) in [4.78, 5) is 7.54. The van der Waals surface area contributed by atoms with Crippen LogP contribution in [0.3, 0.4) is 0 Å². The summed E-state index contributed by atoms with van der Waals surface area (Å²) in [5.41, 5.74) is 2.23. The van der Waals surface area contributed by atoms with Gasteiger partial charge in [-0.3, -0.25) is 5.43 Å². The van der Waals surface area contributed by atoms with Crippen LogP contribution in [0.2, 0.25) is 0 Å². The van der Waals surface area contributed by atoms with E-state index in [-0.39, 0.29) is 10.8 Å². The van der Waals surface area contributed by atoms with Crippen LogP contribution in [0.5, 0.6) is 0 Å². The highest BCUT2D eigenvalue weighted by molar-refractivity contribution is 7.89. The lowest BCUT2D eigenvalue weighted by molar-refractivity contribution is 0.539. The maximum atomic E-state index is 11.8. The molecule has 0 atom stereocenters. The predicted octanol–water partition coefficient (Wildman–Crippen LogP) is 0.477. The van der Waals surface area contributed by atoms with Crippen LogP contribution < -0.4 is 16.0 Å². The maximum Gasteiger partial charge on any atom is 0.243 e. The first-order valence-electron chi connectivity index (χ1n) is 5.74. The number of sulfonamides is 1. The molecule has 1 rings (SSSR count). The molecule has 0 radical (unpaired) electrons. The van der Waals surface area contributed by atoms with Gasteiger partial charge in [0.15, 0.2) is 0 Å². The van der Waals surface area contributed by atoms with Gasteiger partial charge in [-0.1, -0.05) is 13.8 Å². The largest absolute Gasteiger partial charge is 0.292 e. The van der Waals surface area contributed by atoms with E-state index in [4.69, 9.17) is 5.84 Å². The third-order valence-corrected chi connectivity index (χ3v) is 3.73. The van der Waals surface area contributed by atoms with Crippen molar-refractivity contribution in [1.29, 1.82) is 0 Å². The van der Waals surface area contributed by atoms with Crippen molar-refractivity contribution in [2.75, 3.05) is 12.0 Å². The fourth-order valence-electron chi connectivity index (χ4n) is 1.33. The Balaban J connectivity index is 2.57. The summed E-state index contributed by atoms with van der Waals surface area (Å²) in [7, 11) is -3.53. The molecule has 1 aromatic heterocycles. The van der Waals surface area contributed by atoms with E-state index in [2.05, 4.69) is 34.0 Å². The van der Waals surface area contributed by atoms with Crippen molar-refractivity contribution < 1.29 is 8.42 Å². The Morgan fingerprint density at radius 3 is 2.44 bits per heavy atom. The van der Waals surface area contributed by atoms with Crippen molar-refractivity contribution in [1.82, 2.24) is 14.7 Å². The summed E-state index contributed by atoms with van der Waals surface area (Å²) in [5.74, 6) is 5.83. The number of nitrogen functional groups attached to an aromatic ring is 1. The molecule has 0 aliphatic heterocycles. The molecule has 7 nitrogen and oxygen atoms in total. The van der Waals surface area contributed by atoms with Crippen LogP contribution in [0.15, 0.2) is 17.3 Å². The number of hydrazine groups is 1. The molecule has 18 heavy (non-hydrogen) atoms. The summed E-state index contributed by atoms with van der Waals surface area (Å²) in [5, 5.41) is 0. The third kappa shape index (κ3) is 4.55. The van der Waals surface area contributed by atoms with Crippen molar-refractivity contribution >= 4 is 16.0 Å². The molecule has 4 N–H and O–H groups in total. The summed E-state index contributed by atoms with van der Waals surface area (Å²) in [6, 6.07) is 0. The summed E-state index contributed by atoms with van der Waals surface area (Å²) in [6.45, 7) is 4.61. The number of nitrogens with zero attached hydrogens (tertiary/aromatic N) is 2. The fraction of sp³-hybridized carbons (Fsp3) is 0.600. The Kier molecular flexibility index (Phi) is 5.45. The van der Waals surface area contributed by atoms with Crippen molar-refractivity contribution in [3.05, 3.63) is 12.4 Å². The molecule has 0 spiro atoms. The number of anilines is 1. The highest BCUT2D eigenvalue weighted by Gasteiger charge is 2.14. The highest BCUT2D eigenvalue weighted by Crippen LogP contribution is 2.08. The van der Waals surface area contributed by atoms with E-state index in [1.54, 1.807) is 0 Å². The van der Waals surface area contributed by atoms with Gasteiger partial charge in [0.2, 0.25) is 16.0 Å². The first kappa shape index (κ1) is 14.8. The lowest BCUT2D eigenvalue weighted by Crippen LogP contribution is -2.25. The van der Waals surface area contributed by atoms with Gasteiger partial charge in [0.25, 0.3) is 0 Å². The van der Waals surface area contributed by atoms with Crippen LogP contribution >= 0.6 is 0 Å². The molecule has 0 aliphatic rings. The molecule has 0 saturated heterocycles. The Hall–Kier alpha value is -1.25. The fourth-order valence-corrected chi connectivity index (χ4v) is 2.29. The smallest absolute Gasteiger partial charge is 0.243 e. The van der Waals surface area contributed by atoms with Crippen molar-refractivity contribution in [3.8, 4) is 0 Å². The number of hydrogen-bond acceptors (Lipinski definition) is 6. The average molecular weight is 273 g/mol. The summed E-state index contributed by atoms with van der Waals surface area (Å²) in [6.07, 6.45) is 4.22. The molecule has 0 unspecified atom stereocenters. The monoisotopic (exact) mass is 273 g/mol. The van der Waals surface area contributed by atoms with Gasteiger partial charge >= 0.3 is 0 Å². The standard InChI is InChI=1S/C10H19N5O2S/c1-8(2)4-3-5-14-18(16,17)9-6-12-10(15-11)13-7-9/h6-8,14H,3-5,11H2,1-2H3,(H,12,13,15). The normalized spacial score (nSPS) is 11.8. The van der Waals surface area contributed by atoms with Gasteiger partial charge in [-0.25, -0.2) is 29.0 Å². The van der Waals surface area contributed by atoms with E-state index in [1.165, 1.54) is 12.4 Å². The molecule has 8 heteroatoms. The minimum absolute atomic E-state index is 0.0334. The van der Waals surface area contributed by atoms with Crippen LogP contribution in [0.1, 0.15) is 26.7 Å². The predicted molar refractivity (Wildman–Crippen MR) is 69.1 cm³/mol.